The fraction of sp³-hybridized carbons (Fsp3) is 0.476. The van der Waals surface area contributed by atoms with Crippen LogP contribution >= 0.6 is 0 Å². The number of pyridine rings is 2. The Labute approximate surface area is 159 Å². The first-order chi connectivity index (χ1) is 13.3. The van der Waals surface area contributed by atoms with Gasteiger partial charge in [0.25, 0.3) is 0 Å². The Balaban J connectivity index is 1.26. The van der Waals surface area contributed by atoms with Gasteiger partial charge in [-0.05, 0) is 55.7 Å². The molecule has 6 heteroatoms. The minimum absolute atomic E-state index is 0.0119. The number of hydrogen-bond acceptors (Lipinski definition) is 5. The lowest BCUT2D eigenvalue weighted by Crippen LogP contribution is -2.36. The average molecular weight is 367 g/mol. The van der Waals surface area contributed by atoms with Crippen LogP contribution < -0.4 is 10.1 Å². The molecule has 3 heterocycles. The van der Waals surface area contributed by atoms with Crippen LogP contribution in [0.5, 0.6) is 5.88 Å². The number of rotatable bonds is 6. The summed E-state index contributed by atoms with van der Waals surface area (Å²) >= 11 is 0. The Morgan fingerprint density at radius 1 is 1.11 bits per heavy atom. The van der Waals surface area contributed by atoms with Crippen molar-refractivity contribution in [1.29, 1.82) is 0 Å². The fourth-order valence-electron chi connectivity index (χ4n) is 3.81. The second kappa shape index (κ2) is 8.48. The minimum atomic E-state index is 0.0119. The highest BCUT2D eigenvalue weighted by Crippen LogP contribution is 2.37. The monoisotopic (exact) mass is 367 g/mol. The molecule has 1 saturated carbocycles. The van der Waals surface area contributed by atoms with E-state index < -0.39 is 0 Å². The van der Waals surface area contributed by atoms with E-state index in [1.54, 1.807) is 18.5 Å². The minimum Gasteiger partial charge on any atom is -0.474 e. The fourth-order valence-corrected chi connectivity index (χ4v) is 3.81. The normalized spacial score (nSPS) is 22.7. The van der Waals surface area contributed by atoms with E-state index in [1.807, 2.05) is 18.2 Å². The number of nitrogens with one attached hydrogen (secondary N) is 1. The third-order valence-corrected chi connectivity index (χ3v) is 5.34. The molecule has 2 aromatic rings. The maximum absolute atomic E-state index is 12.1. The summed E-state index contributed by atoms with van der Waals surface area (Å²) in [6.07, 6.45) is 7.92. The Morgan fingerprint density at radius 3 is 2.70 bits per heavy atom. The summed E-state index contributed by atoms with van der Waals surface area (Å²) in [5.41, 5.74) is 1.19. The maximum Gasteiger partial charge on any atom is 0.225 e. The molecule has 1 N–H and O–H groups in total. The molecule has 1 aliphatic carbocycles. The van der Waals surface area contributed by atoms with Gasteiger partial charge in [-0.1, -0.05) is 12.1 Å². The molecule has 6 nitrogen and oxygen atoms in total. The van der Waals surface area contributed by atoms with Crippen LogP contribution in [0.15, 0.2) is 42.7 Å². The number of anilines is 1. The van der Waals surface area contributed by atoms with Crippen LogP contribution in [0.3, 0.4) is 0 Å². The summed E-state index contributed by atoms with van der Waals surface area (Å²) in [7, 11) is 0. The number of carbonyl (C=O) groups is 1. The smallest absolute Gasteiger partial charge is 0.225 e. The first kappa shape index (κ1) is 17.9. The van der Waals surface area contributed by atoms with E-state index in [0.29, 0.717) is 24.1 Å². The molecule has 0 bridgehead atoms. The molecule has 1 saturated heterocycles. The van der Waals surface area contributed by atoms with Crippen LogP contribution in [0.1, 0.15) is 43.6 Å². The van der Waals surface area contributed by atoms with E-state index in [-0.39, 0.29) is 12.0 Å². The largest absolute Gasteiger partial charge is 0.474 e. The number of nitrogens with zero attached hydrogens (tertiary/aromatic N) is 2. The molecule has 2 fully saturated rings. The highest BCUT2D eigenvalue weighted by molar-refractivity contribution is 5.89. The van der Waals surface area contributed by atoms with Gasteiger partial charge in [-0.2, -0.15) is 0 Å². The number of ether oxygens (including phenoxy) is 2. The Bertz CT molecular complexity index is 756. The quantitative estimate of drug-likeness (QED) is 0.845. The van der Waals surface area contributed by atoms with E-state index in [4.69, 9.17) is 9.47 Å². The van der Waals surface area contributed by atoms with E-state index in [2.05, 4.69) is 21.4 Å². The van der Waals surface area contributed by atoms with Crippen molar-refractivity contribution in [1.82, 2.24) is 9.97 Å². The number of amides is 1. The topological polar surface area (TPSA) is 73.3 Å². The second-order valence-electron chi connectivity index (χ2n) is 7.33. The summed E-state index contributed by atoms with van der Waals surface area (Å²) in [5, 5.41) is 2.84. The van der Waals surface area contributed by atoms with Crippen molar-refractivity contribution in [2.45, 2.75) is 44.1 Å². The molecule has 4 rings (SSSR count). The molecule has 0 spiro atoms. The first-order valence-electron chi connectivity index (χ1n) is 9.68. The SMILES string of the molecule is O=C(C[C@H]1C[C@H](Oc2ncccc2C2CCOCC2)C1)Nc1ccccn1. The maximum atomic E-state index is 12.1. The van der Waals surface area contributed by atoms with E-state index in [0.717, 1.165) is 44.8 Å². The lowest BCUT2D eigenvalue weighted by atomic mass is 9.80. The molecular formula is C21H25N3O3. The zero-order chi connectivity index (χ0) is 18.5. The average Bonchev–Trinajstić information content (AvgIpc) is 2.68. The Hall–Kier alpha value is -2.47. The highest BCUT2D eigenvalue weighted by Gasteiger charge is 2.33. The van der Waals surface area contributed by atoms with Crippen molar-refractivity contribution >= 4 is 11.7 Å². The number of hydrogen-bond donors (Lipinski definition) is 1. The summed E-state index contributed by atoms with van der Waals surface area (Å²) in [5.74, 6) is 2.18. The van der Waals surface area contributed by atoms with Crippen molar-refractivity contribution in [2.24, 2.45) is 5.92 Å². The van der Waals surface area contributed by atoms with Crippen molar-refractivity contribution < 1.29 is 14.3 Å². The predicted molar refractivity (Wildman–Crippen MR) is 102 cm³/mol. The van der Waals surface area contributed by atoms with Gasteiger partial charge in [-0.3, -0.25) is 4.79 Å². The van der Waals surface area contributed by atoms with Crippen LogP contribution in [0.4, 0.5) is 5.82 Å². The van der Waals surface area contributed by atoms with Gasteiger partial charge in [0.05, 0.1) is 0 Å². The van der Waals surface area contributed by atoms with Gasteiger partial charge in [0.1, 0.15) is 11.9 Å². The molecule has 2 aromatic heterocycles. The lowest BCUT2D eigenvalue weighted by Gasteiger charge is -2.35. The summed E-state index contributed by atoms with van der Waals surface area (Å²) in [4.78, 5) is 20.7. The van der Waals surface area contributed by atoms with E-state index >= 15 is 0 Å². The zero-order valence-corrected chi connectivity index (χ0v) is 15.3. The van der Waals surface area contributed by atoms with Crippen molar-refractivity contribution in [3.05, 3.63) is 48.3 Å². The van der Waals surface area contributed by atoms with Crippen molar-refractivity contribution in [2.75, 3.05) is 18.5 Å². The van der Waals surface area contributed by atoms with Crippen LogP contribution in [-0.4, -0.2) is 35.2 Å². The van der Waals surface area contributed by atoms with Crippen molar-refractivity contribution in [3.8, 4) is 5.88 Å². The van der Waals surface area contributed by atoms with Gasteiger partial charge < -0.3 is 14.8 Å². The van der Waals surface area contributed by atoms with Gasteiger partial charge in [0, 0.05) is 37.6 Å². The van der Waals surface area contributed by atoms with Crippen LogP contribution in [0, 0.1) is 5.92 Å². The van der Waals surface area contributed by atoms with Crippen molar-refractivity contribution in [3.63, 3.8) is 0 Å². The molecule has 142 valence electrons. The molecule has 1 amide bonds. The molecule has 27 heavy (non-hydrogen) atoms. The Kier molecular flexibility index (Phi) is 5.63. The van der Waals surface area contributed by atoms with E-state index in [1.165, 1.54) is 5.56 Å². The molecule has 1 aliphatic heterocycles. The summed E-state index contributed by atoms with van der Waals surface area (Å²) in [6.45, 7) is 1.60. The highest BCUT2D eigenvalue weighted by atomic mass is 16.5. The first-order valence-corrected chi connectivity index (χ1v) is 9.68. The third kappa shape index (κ3) is 4.63. The molecular weight excluding hydrogens is 342 g/mol. The second-order valence-corrected chi connectivity index (χ2v) is 7.33. The van der Waals surface area contributed by atoms with Crippen LogP contribution in [0.2, 0.25) is 0 Å². The number of carbonyl (C=O) groups excluding carboxylic acids is 1. The van der Waals surface area contributed by atoms with Crippen LogP contribution in [0.25, 0.3) is 0 Å². The summed E-state index contributed by atoms with van der Waals surface area (Å²) in [6, 6.07) is 9.58. The summed E-state index contributed by atoms with van der Waals surface area (Å²) < 4.78 is 11.6. The molecule has 0 unspecified atom stereocenters. The molecule has 0 atom stereocenters. The standard InChI is InChI=1S/C21H25N3O3/c25-20(24-19-5-1-2-8-22-19)14-15-12-17(13-15)27-21-18(4-3-9-23-21)16-6-10-26-11-7-16/h1-5,8-9,15-17H,6-7,10-14H2,(H,22,24,25)/t15-,17-. The predicted octanol–water partition coefficient (Wildman–Crippen LogP) is 3.56. The molecule has 2 aliphatic rings. The van der Waals surface area contributed by atoms with Gasteiger partial charge in [-0.25, -0.2) is 9.97 Å². The number of aromatic nitrogens is 2. The lowest BCUT2D eigenvalue weighted by molar-refractivity contribution is -0.118. The van der Waals surface area contributed by atoms with Crippen LogP contribution in [-0.2, 0) is 9.53 Å². The zero-order valence-electron chi connectivity index (χ0n) is 15.3. The molecule has 0 aromatic carbocycles. The van der Waals surface area contributed by atoms with Gasteiger partial charge in [0.2, 0.25) is 11.8 Å². The van der Waals surface area contributed by atoms with Gasteiger partial charge in [0.15, 0.2) is 0 Å². The van der Waals surface area contributed by atoms with Gasteiger partial charge in [-0.15, -0.1) is 0 Å². The van der Waals surface area contributed by atoms with E-state index in [9.17, 15) is 4.79 Å². The molecule has 0 radical (unpaired) electrons. The third-order valence-electron chi connectivity index (χ3n) is 5.34. The Morgan fingerprint density at radius 2 is 1.93 bits per heavy atom. The van der Waals surface area contributed by atoms with Gasteiger partial charge >= 0.3 is 0 Å².